The van der Waals surface area contributed by atoms with E-state index < -0.39 is 10.0 Å². The minimum atomic E-state index is -3.86. The van der Waals surface area contributed by atoms with E-state index in [1.807, 2.05) is 0 Å². The SMILES string of the molecule is CCCNCCc1cc2c(S(N)(=O)=O)cccc2c(=O)[nH]1. The van der Waals surface area contributed by atoms with Crippen LogP contribution in [0.1, 0.15) is 19.0 Å². The van der Waals surface area contributed by atoms with Gasteiger partial charge in [0.1, 0.15) is 0 Å². The molecule has 1 aromatic carbocycles. The molecule has 0 amide bonds. The number of sulfonamides is 1. The molecule has 2 rings (SSSR count). The van der Waals surface area contributed by atoms with Gasteiger partial charge in [0.05, 0.1) is 4.90 Å². The van der Waals surface area contributed by atoms with Gasteiger partial charge in [0.25, 0.3) is 5.56 Å². The topological polar surface area (TPSA) is 105 Å². The molecule has 0 aliphatic carbocycles. The van der Waals surface area contributed by atoms with Crippen LogP contribution >= 0.6 is 0 Å². The second kappa shape index (κ2) is 6.38. The lowest BCUT2D eigenvalue weighted by Crippen LogP contribution is -2.20. The fraction of sp³-hybridized carbons (Fsp3) is 0.357. The zero-order valence-electron chi connectivity index (χ0n) is 11.8. The lowest BCUT2D eigenvalue weighted by atomic mass is 10.1. The number of primary sulfonamides is 1. The van der Waals surface area contributed by atoms with Crippen molar-refractivity contribution in [2.75, 3.05) is 13.1 Å². The summed E-state index contributed by atoms with van der Waals surface area (Å²) in [6, 6.07) is 6.20. The predicted octanol–water partition coefficient (Wildman–Crippen LogP) is 0.718. The minimum Gasteiger partial charge on any atom is -0.326 e. The molecule has 0 spiro atoms. The third-order valence-corrected chi connectivity index (χ3v) is 4.18. The Bertz CT molecular complexity index is 797. The second-order valence-electron chi connectivity index (χ2n) is 4.89. The maximum atomic E-state index is 12.1. The van der Waals surface area contributed by atoms with E-state index in [0.717, 1.165) is 13.0 Å². The Kier molecular flexibility index (Phi) is 4.76. The van der Waals surface area contributed by atoms with Crippen molar-refractivity contribution < 1.29 is 8.42 Å². The van der Waals surface area contributed by atoms with Crippen LogP contribution in [0.2, 0.25) is 0 Å². The number of hydrogen-bond donors (Lipinski definition) is 3. The molecular formula is C14H19N3O3S. The van der Waals surface area contributed by atoms with Crippen LogP contribution in [0.5, 0.6) is 0 Å². The maximum absolute atomic E-state index is 12.1. The zero-order valence-corrected chi connectivity index (χ0v) is 12.7. The number of benzene rings is 1. The van der Waals surface area contributed by atoms with Crippen molar-refractivity contribution in [1.82, 2.24) is 10.3 Å². The Morgan fingerprint density at radius 3 is 2.67 bits per heavy atom. The molecule has 1 heterocycles. The molecule has 0 unspecified atom stereocenters. The summed E-state index contributed by atoms with van der Waals surface area (Å²) < 4.78 is 23.2. The first-order chi connectivity index (χ1) is 9.93. The van der Waals surface area contributed by atoms with Gasteiger partial charge in [0, 0.05) is 29.4 Å². The van der Waals surface area contributed by atoms with Crippen LogP contribution in [0.25, 0.3) is 10.8 Å². The van der Waals surface area contributed by atoms with Crippen molar-refractivity contribution in [2.24, 2.45) is 5.14 Å². The van der Waals surface area contributed by atoms with Gasteiger partial charge in [-0.2, -0.15) is 0 Å². The average molecular weight is 309 g/mol. The molecule has 0 atom stereocenters. The van der Waals surface area contributed by atoms with Gasteiger partial charge < -0.3 is 10.3 Å². The van der Waals surface area contributed by atoms with Crippen molar-refractivity contribution in [3.63, 3.8) is 0 Å². The summed E-state index contributed by atoms with van der Waals surface area (Å²) in [6.07, 6.45) is 1.65. The molecule has 0 aliphatic rings. The summed E-state index contributed by atoms with van der Waals surface area (Å²) in [6.45, 7) is 3.69. The normalized spacial score (nSPS) is 11.9. The first-order valence-corrected chi connectivity index (χ1v) is 8.36. The number of fused-ring (bicyclic) bond motifs is 1. The minimum absolute atomic E-state index is 0.0196. The van der Waals surface area contributed by atoms with Gasteiger partial charge in [0.2, 0.25) is 10.0 Å². The van der Waals surface area contributed by atoms with E-state index in [1.54, 1.807) is 12.1 Å². The van der Waals surface area contributed by atoms with Crippen molar-refractivity contribution >= 4 is 20.8 Å². The summed E-state index contributed by atoms with van der Waals surface area (Å²) in [5.41, 5.74) is 0.385. The molecule has 7 heteroatoms. The number of nitrogens with one attached hydrogen (secondary N) is 2. The van der Waals surface area contributed by atoms with E-state index >= 15 is 0 Å². The van der Waals surface area contributed by atoms with E-state index in [2.05, 4.69) is 17.2 Å². The molecule has 21 heavy (non-hydrogen) atoms. The van der Waals surface area contributed by atoms with Gasteiger partial charge in [-0.25, -0.2) is 13.6 Å². The van der Waals surface area contributed by atoms with E-state index in [-0.39, 0.29) is 10.5 Å². The summed E-state index contributed by atoms with van der Waals surface area (Å²) >= 11 is 0. The Morgan fingerprint density at radius 2 is 2.00 bits per heavy atom. The van der Waals surface area contributed by atoms with Crippen molar-refractivity contribution in [3.05, 3.63) is 40.3 Å². The number of rotatable bonds is 6. The van der Waals surface area contributed by atoms with Gasteiger partial charge in [0.15, 0.2) is 0 Å². The molecule has 1 aromatic heterocycles. The summed E-state index contributed by atoms with van der Waals surface area (Å²) in [7, 11) is -3.86. The van der Waals surface area contributed by atoms with Crippen LogP contribution in [0.15, 0.2) is 34.0 Å². The molecule has 4 N–H and O–H groups in total. The van der Waals surface area contributed by atoms with E-state index in [0.29, 0.717) is 29.4 Å². The van der Waals surface area contributed by atoms with Crippen LogP contribution in [0, 0.1) is 0 Å². The van der Waals surface area contributed by atoms with E-state index in [9.17, 15) is 13.2 Å². The number of H-pyrrole nitrogens is 1. The van der Waals surface area contributed by atoms with Crippen LogP contribution in [0.4, 0.5) is 0 Å². The average Bonchev–Trinajstić information content (AvgIpc) is 2.42. The molecule has 0 saturated carbocycles. The van der Waals surface area contributed by atoms with Crippen LogP contribution in [-0.2, 0) is 16.4 Å². The summed E-state index contributed by atoms with van der Waals surface area (Å²) in [5, 5.41) is 9.14. The Labute approximate surface area is 123 Å². The van der Waals surface area contributed by atoms with Gasteiger partial charge in [-0.15, -0.1) is 0 Å². The fourth-order valence-corrected chi connectivity index (χ4v) is 2.97. The molecule has 0 saturated heterocycles. The molecule has 0 aliphatic heterocycles. The number of nitrogens with two attached hydrogens (primary N) is 1. The first kappa shape index (κ1) is 15.7. The van der Waals surface area contributed by atoms with Crippen molar-refractivity contribution in [3.8, 4) is 0 Å². The second-order valence-corrected chi connectivity index (χ2v) is 6.42. The highest BCUT2D eigenvalue weighted by Gasteiger charge is 2.14. The summed E-state index contributed by atoms with van der Waals surface area (Å²) in [5.74, 6) is 0. The predicted molar refractivity (Wildman–Crippen MR) is 82.8 cm³/mol. The number of aromatic nitrogens is 1. The van der Waals surface area contributed by atoms with Gasteiger partial charge in [-0.05, 0) is 31.2 Å². The van der Waals surface area contributed by atoms with Crippen molar-refractivity contribution in [2.45, 2.75) is 24.7 Å². The standard InChI is InChI=1S/C14H19N3O3S/c1-2-7-16-8-6-10-9-12-11(14(18)17-10)4-3-5-13(12)21(15,19)20/h3-5,9,16H,2,6-8H2,1H3,(H,17,18)(H2,15,19,20). The molecule has 0 fully saturated rings. The lowest BCUT2D eigenvalue weighted by molar-refractivity contribution is 0.598. The highest BCUT2D eigenvalue weighted by molar-refractivity contribution is 7.89. The lowest BCUT2D eigenvalue weighted by Gasteiger charge is -2.08. The maximum Gasteiger partial charge on any atom is 0.256 e. The Hall–Kier alpha value is -1.70. The van der Waals surface area contributed by atoms with Gasteiger partial charge >= 0.3 is 0 Å². The molecule has 0 radical (unpaired) electrons. The summed E-state index contributed by atoms with van der Waals surface area (Å²) in [4.78, 5) is 14.8. The van der Waals surface area contributed by atoms with E-state index in [1.165, 1.54) is 12.1 Å². The molecule has 2 aromatic rings. The van der Waals surface area contributed by atoms with Gasteiger partial charge in [-0.1, -0.05) is 13.0 Å². The molecule has 6 nitrogen and oxygen atoms in total. The number of aromatic amines is 1. The zero-order chi connectivity index (χ0) is 15.5. The van der Waals surface area contributed by atoms with Crippen LogP contribution in [-0.4, -0.2) is 26.5 Å². The molecule has 0 bridgehead atoms. The highest BCUT2D eigenvalue weighted by atomic mass is 32.2. The Balaban J connectivity index is 2.45. The van der Waals surface area contributed by atoms with Crippen molar-refractivity contribution in [1.29, 1.82) is 0 Å². The smallest absolute Gasteiger partial charge is 0.256 e. The Morgan fingerprint density at radius 1 is 1.24 bits per heavy atom. The third-order valence-electron chi connectivity index (χ3n) is 3.21. The largest absolute Gasteiger partial charge is 0.326 e. The van der Waals surface area contributed by atoms with E-state index in [4.69, 9.17) is 5.14 Å². The molecular weight excluding hydrogens is 290 g/mol. The van der Waals surface area contributed by atoms with Crippen LogP contribution < -0.4 is 16.0 Å². The molecule has 114 valence electrons. The van der Waals surface area contributed by atoms with Crippen LogP contribution in [0.3, 0.4) is 0 Å². The number of pyridine rings is 1. The quantitative estimate of drug-likeness (QED) is 0.684. The van der Waals surface area contributed by atoms with Gasteiger partial charge in [-0.3, -0.25) is 4.79 Å². The highest BCUT2D eigenvalue weighted by Crippen LogP contribution is 2.20. The third kappa shape index (κ3) is 3.69. The number of hydrogen-bond acceptors (Lipinski definition) is 4. The fourth-order valence-electron chi connectivity index (χ4n) is 2.22. The first-order valence-electron chi connectivity index (χ1n) is 6.82. The monoisotopic (exact) mass is 309 g/mol.